The zero-order valence-electron chi connectivity index (χ0n) is 14.3. The third kappa shape index (κ3) is 2.99. The Morgan fingerprint density at radius 2 is 2.08 bits per heavy atom. The predicted molar refractivity (Wildman–Crippen MR) is 90.9 cm³/mol. The molecule has 1 N–H and O–H groups in total. The Morgan fingerprint density at radius 3 is 2.79 bits per heavy atom. The summed E-state index contributed by atoms with van der Waals surface area (Å²) in [5.41, 5.74) is -0.150. The molecule has 6 nitrogen and oxygen atoms in total. The standard InChI is InChI=1S/C18H26N4O2/c1-12-19-7-16(17(23)20-12)18(24)22-10-14-5-6-15(11-22)21(9-14)8-13-3-2-4-13/h7,13-15H,2-6,8-11H2,1H3,(H,19,20,23)/t14-,15-/m0/s1. The van der Waals surface area contributed by atoms with Crippen LogP contribution >= 0.6 is 0 Å². The fourth-order valence-corrected chi connectivity index (χ4v) is 4.38. The van der Waals surface area contributed by atoms with E-state index >= 15 is 0 Å². The van der Waals surface area contributed by atoms with Crippen molar-refractivity contribution in [2.24, 2.45) is 11.8 Å². The minimum atomic E-state index is -0.324. The zero-order chi connectivity index (χ0) is 16.7. The van der Waals surface area contributed by atoms with Crippen LogP contribution in [0.2, 0.25) is 0 Å². The van der Waals surface area contributed by atoms with Gasteiger partial charge in [0.25, 0.3) is 11.5 Å². The van der Waals surface area contributed by atoms with Gasteiger partial charge in [-0.1, -0.05) is 6.42 Å². The molecule has 130 valence electrons. The Kier molecular flexibility index (Phi) is 4.16. The second kappa shape index (κ2) is 6.31. The van der Waals surface area contributed by atoms with E-state index in [1.165, 1.54) is 44.8 Å². The number of aromatic nitrogens is 2. The molecule has 2 bridgehead atoms. The molecule has 3 saturated heterocycles. The van der Waals surface area contributed by atoms with Crippen LogP contribution in [0.3, 0.4) is 0 Å². The molecular formula is C18H26N4O2. The maximum atomic E-state index is 12.8. The van der Waals surface area contributed by atoms with E-state index in [1.807, 2.05) is 4.90 Å². The van der Waals surface area contributed by atoms with Gasteiger partial charge in [-0.15, -0.1) is 0 Å². The molecule has 4 fully saturated rings. The van der Waals surface area contributed by atoms with Crippen LogP contribution in [0.25, 0.3) is 0 Å². The van der Waals surface area contributed by atoms with Crippen molar-refractivity contribution in [2.45, 2.75) is 45.1 Å². The van der Waals surface area contributed by atoms with Gasteiger partial charge in [0.15, 0.2) is 0 Å². The van der Waals surface area contributed by atoms with Crippen LogP contribution in [-0.2, 0) is 0 Å². The highest BCUT2D eigenvalue weighted by molar-refractivity contribution is 5.93. The normalized spacial score (nSPS) is 27.8. The third-order valence-corrected chi connectivity index (χ3v) is 5.99. The molecule has 1 amide bonds. The van der Waals surface area contributed by atoms with Gasteiger partial charge in [-0.05, 0) is 44.4 Å². The van der Waals surface area contributed by atoms with E-state index in [0.29, 0.717) is 17.8 Å². The lowest BCUT2D eigenvalue weighted by molar-refractivity contribution is 0.0715. The molecule has 1 saturated carbocycles. The number of piperidine rings is 1. The van der Waals surface area contributed by atoms with E-state index in [-0.39, 0.29) is 17.0 Å². The van der Waals surface area contributed by atoms with Crippen LogP contribution in [0.15, 0.2) is 11.0 Å². The topological polar surface area (TPSA) is 69.3 Å². The summed E-state index contributed by atoms with van der Waals surface area (Å²) in [6.07, 6.45) is 7.89. The van der Waals surface area contributed by atoms with E-state index in [0.717, 1.165) is 25.6 Å². The van der Waals surface area contributed by atoms with Crippen LogP contribution in [0.1, 0.15) is 48.3 Å². The van der Waals surface area contributed by atoms with E-state index in [4.69, 9.17) is 0 Å². The summed E-state index contributed by atoms with van der Waals surface area (Å²) in [5, 5.41) is 0. The molecule has 1 aromatic heterocycles. The highest BCUT2D eigenvalue weighted by atomic mass is 16.2. The number of amides is 1. The lowest BCUT2D eigenvalue weighted by Gasteiger charge is -2.40. The first-order chi connectivity index (χ1) is 11.6. The molecule has 0 radical (unpaired) electrons. The zero-order valence-corrected chi connectivity index (χ0v) is 14.3. The lowest BCUT2D eigenvalue weighted by Crippen LogP contribution is -2.47. The third-order valence-electron chi connectivity index (χ3n) is 5.99. The SMILES string of the molecule is Cc1ncc(C(=O)N2C[C@H]3CC[C@@H](C2)N(CC2CCC2)C3)c(=O)[nH]1. The van der Waals surface area contributed by atoms with Gasteiger partial charge in [-0.2, -0.15) is 0 Å². The van der Waals surface area contributed by atoms with Crippen molar-refractivity contribution in [2.75, 3.05) is 26.2 Å². The molecule has 1 aliphatic carbocycles. The summed E-state index contributed by atoms with van der Waals surface area (Å²) in [7, 11) is 0. The molecule has 0 aromatic carbocycles. The smallest absolute Gasteiger partial charge is 0.263 e. The Morgan fingerprint density at radius 1 is 1.25 bits per heavy atom. The number of H-pyrrole nitrogens is 1. The average molecular weight is 330 g/mol. The van der Waals surface area contributed by atoms with Crippen LogP contribution in [0.5, 0.6) is 0 Å². The Labute approximate surface area is 142 Å². The molecule has 2 atom stereocenters. The summed E-state index contributed by atoms with van der Waals surface area (Å²) >= 11 is 0. The van der Waals surface area contributed by atoms with Gasteiger partial charge < -0.3 is 9.88 Å². The van der Waals surface area contributed by atoms with E-state index in [1.54, 1.807) is 6.92 Å². The first-order valence-corrected chi connectivity index (χ1v) is 9.19. The number of carbonyl (C=O) groups excluding carboxylic acids is 1. The maximum Gasteiger partial charge on any atom is 0.263 e. The molecule has 0 spiro atoms. The molecule has 24 heavy (non-hydrogen) atoms. The predicted octanol–water partition coefficient (Wildman–Crippen LogP) is 1.41. The number of nitrogens with one attached hydrogen (secondary N) is 1. The number of nitrogens with zero attached hydrogens (tertiary/aromatic N) is 3. The largest absolute Gasteiger partial charge is 0.337 e. The summed E-state index contributed by atoms with van der Waals surface area (Å²) < 4.78 is 0. The number of aromatic amines is 1. The number of hydrogen-bond acceptors (Lipinski definition) is 4. The minimum absolute atomic E-state index is 0.161. The fourth-order valence-electron chi connectivity index (χ4n) is 4.38. The number of aryl methyl sites for hydroxylation is 1. The molecular weight excluding hydrogens is 304 g/mol. The molecule has 0 unspecified atom stereocenters. The number of rotatable bonds is 3. The van der Waals surface area contributed by atoms with Crippen molar-refractivity contribution in [3.05, 3.63) is 27.9 Å². The number of fused-ring (bicyclic) bond motifs is 4. The molecule has 4 heterocycles. The summed E-state index contributed by atoms with van der Waals surface area (Å²) in [5.74, 6) is 1.77. The highest BCUT2D eigenvalue weighted by Gasteiger charge is 2.38. The van der Waals surface area contributed by atoms with E-state index in [2.05, 4.69) is 14.9 Å². The maximum absolute atomic E-state index is 12.8. The van der Waals surface area contributed by atoms with Gasteiger partial charge in [0, 0.05) is 38.4 Å². The molecule has 3 aliphatic heterocycles. The summed E-state index contributed by atoms with van der Waals surface area (Å²) in [6, 6.07) is 0.450. The van der Waals surface area contributed by atoms with Crippen LogP contribution in [0, 0.1) is 18.8 Å². The fraction of sp³-hybridized carbons (Fsp3) is 0.722. The van der Waals surface area contributed by atoms with Crippen molar-refractivity contribution in [3.63, 3.8) is 0 Å². The van der Waals surface area contributed by atoms with Gasteiger partial charge in [0.2, 0.25) is 0 Å². The Hall–Kier alpha value is -1.69. The van der Waals surface area contributed by atoms with Crippen molar-refractivity contribution < 1.29 is 4.79 Å². The number of carbonyl (C=O) groups is 1. The van der Waals surface area contributed by atoms with Crippen molar-refractivity contribution in [1.82, 2.24) is 19.8 Å². The summed E-state index contributed by atoms with van der Waals surface area (Å²) in [4.78, 5) is 36.2. The van der Waals surface area contributed by atoms with Crippen molar-refractivity contribution in [1.29, 1.82) is 0 Å². The van der Waals surface area contributed by atoms with Gasteiger partial charge in [-0.25, -0.2) is 4.98 Å². The second-order valence-corrected chi connectivity index (χ2v) is 7.77. The summed E-state index contributed by atoms with van der Waals surface area (Å²) in [6.45, 7) is 5.53. The molecule has 1 aromatic rings. The highest BCUT2D eigenvalue weighted by Crippen LogP contribution is 2.33. The first-order valence-electron chi connectivity index (χ1n) is 9.19. The molecule has 5 rings (SSSR count). The van der Waals surface area contributed by atoms with E-state index in [9.17, 15) is 9.59 Å². The quantitative estimate of drug-likeness (QED) is 0.910. The van der Waals surface area contributed by atoms with Gasteiger partial charge >= 0.3 is 0 Å². The van der Waals surface area contributed by atoms with Gasteiger partial charge in [0.1, 0.15) is 11.4 Å². The van der Waals surface area contributed by atoms with Crippen LogP contribution < -0.4 is 5.56 Å². The number of hydrogen-bond donors (Lipinski definition) is 1. The lowest BCUT2D eigenvalue weighted by atomic mass is 9.83. The van der Waals surface area contributed by atoms with Gasteiger partial charge in [0.05, 0.1) is 0 Å². The monoisotopic (exact) mass is 330 g/mol. The second-order valence-electron chi connectivity index (χ2n) is 7.77. The minimum Gasteiger partial charge on any atom is -0.337 e. The molecule has 4 aliphatic rings. The van der Waals surface area contributed by atoms with E-state index < -0.39 is 0 Å². The molecule has 6 heteroatoms. The van der Waals surface area contributed by atoms with Crippen LogP contribution in [0.4, 0.5) is 0 Å². The van der Waals surface area contributed by atoms with Crippen LogP contribution in [-0.4, -0.2) is 57.9 Å². The van der Waals surface area contributed by atoms with Crippen molar-refractivity contribution >= 4 is 5.91 Å². The average Bonchev–Trinajstić information content (AvgIpc) is 2.82. The van der Waals surface area contributed by atoms with Gasteiger partial charge in [-0.3, -0.25) is 14.5 Å². The Bertz CT molecular complexity index is 682. The van der Waals surface area contributed by atoms with Crippen molar-refractivity contribution in [3.8, 4) is 0 Å². The first kappa shape index (κ1) is 15.8. The Balaban J connectivity index is 1.50.